The lowest BCUT2D eigenvalue weighted by Crippen LogP contribution is -2.17. The molecule has 0 aliphatic carbocycles. The molecular weight excluding hydrogens is 420 g/mol. The first-order valence-electron chi connectivity index (χ1n) is 8.59. The molecule has 0 atom stereocenters. The average molecular weight is 439 g/mol. The van der Waals surface area contributed by atoms with Crippen LogP contribution in [0.1, 0.15) is 21.5 Å². The minimum Gasteiger partial charge on any atom is -0.497 e. The van der Waals surface area contributed by atoms with Crippen LogP contribution in [0, 0.1) is 0 Å². The molecule has 0 spiro atoms. The molecule has 0 fully saturated rings. The number of benzene rings is 3. The van der Waals surface area contributed by atoms with Gasteiger partial charge in [0.05, 0.1) is 13.3 Å². The summed E-state index contributed by atoms with van der Waals surface area (Å²) in [5, 5.41) is 3.99. The zero-order valence-electron chi connectivity index (χ0n) is 15.3. The molecule has 0 saturated carbocycles. The van der Waals surface area contributed by atoms with Gasteiger partial charge in [0.15, 0.2) is 0 Å². The fourth-order valence-corrected chi connectivity index (χ4v) is 2.63. The highest BCUT2D eigenvalue weighted by Gasteiger charge is 2.03. The van der Waals surface area contributed by atoms with Crippen molar-refractivity contribution in [3.05, 3.63) is 94.0 Å². The molecule has 0 aliphatic heterocycles. The van der Waals surface area contributed by atoms with E-state index in [1.165, 1.54) is 0 Å². The van der Waals surface area contributed by atoms with Crippen molar-refractivity contribution in [1.82, 2.24) is 5.43 Å². The summed E-state index contributed by atoms with van der Waals surface area (Å²) in [7, 11) is 1.58. The number of amides is 1. The number of nitrogens with one attached hydrogen (secondary N) is 1. The van der Waals surface area contributed by atoms with Crippen molar-refractivity contribution in [2.45, 2.75) is 6.61 Å². The highest BCUT2D eigenvalue weighted by molar-refractivity contribution is 9.10. The van der Waals surface area contributed by atoms with E-state index in [2.05, 4.69) is 26.5 Å². The molecule has 0 bridgehead atoms. The summed E-state index contributed by atoms with van der Waals surface area (Å²) in [6.45, 7) is 0.499. The van der Waals surface area contributed by atoms with Crippen LogP contribution in [-0.4, -0.2) is 19.2 Å². The molecule has 0 aromatic heterocycles. The summed E-state index contributed by atoms with van der Waals surface area (Å²) >= 11 is 3.41. The standard InChI is InChI=1S/C22H19BrN2O3/c1-27-20-12-6-18(7-13-20)22(26)25-24-14-16-4-10-21(11-5-16)28-15-17-2-8-19(23)9-3-17/h2-14H,15H2,1H3,(H,25,26)/b24-14+. The van der Waals surface area contributed by atoms with Crippen molar-refractivity contribution < 1.29 is 14.3 Å². The molecule has 142 valence electrons. The van der Waals surface area contributed by atoms with Crippen molar-refractivity contribution in [1.29, 1.82) is 0 Å². The number of halogens is 1. The predicted octanol–water partition coefficient (Wildman–Crippen LogP) is 4.80. The van der Waals surface area contributed by atoms with Gasteiger partial charge in [-0.15, -0.1) is 0 Å². The third-order valence-corrected chi connectivity index (χ3v) is 4.46. The number of rotatable bonds is 7. The van der Waals surface area contributed by atoms with Gasteiger partial charge < -0.3 is 9.47 Å². The number of nitrogens with zero attached hydrogens (tertiary/aromatic N) is 1. The van der Waals surface area contributed by atoms with E-state index in [1.54, 1.807) is 37.6 Å². The van der Waals surface area contributed by atoms with E-state index in [0.29, 0.717) is 17.9 Å². The first-order valence-corrected chi connectivity index (χ1v) is 9.38. The van der Waals surface area contributed by atoms with Crippen LogP contribution in [0.15, 0.2) is 82.4 Å². The van der Waals surface area contributed by atoms with Crippen molar-refractivity contribution in [2.24, 2.45) is 5.10 Å². The number of hydrogen-bond donors (Lipinski definition) is 1. The van der Waals surface area contributed by atoms with E-state index in [9.17, 15) is 4.79 Å². The maximum Gasteiger partial charge on any atom is 0.271 e. The van der Waals surface area contributed by atoms with Crippen LogP contribution in [0.5, 0.6) is 11.5 Å². The summed E-state index contributed by atoms with van der Waals surface area (Å²) in [5.74, 6) is 1.18. The topological polar surface area (TPSA) is 59.9 Å². The number of ether oxygens (including phenoxy) is 2. The number of hydrogen-bond acceptors (Lipinski definition) is 4. The van der Waals surface area contributed by atoms with E-state index in [0.717, 1.165) is 21.3 Å². The Kier molecular flexibility index (Phi) is 6.81. The van der Waals surface area contributed by atoms with Crippen LogP contribution in [0.2, 0.25) is 0 Å². The summed E-state index contributed by atoms with van der Waals surface area (Å²) in [4.78, 5) is 12.0. The normalized spacial score (nSPS) is 10.6. The van der Waals surface area contributed by atoms with Gasteiger partial charge >= 0.3 is 0 Å². The maximum atomic E-state index is 12.0. The van der Waals surface area contributed by atoms with Crippen molar-refractivity contribution in [3.63, 3.8) is 0 Å². The molecule has 6 heteroatoms. The molecule has 0 unspecified atom stereocenters. The van der Waals surface area contributed by atoms with E-state index < -0.39 is 0 Å². The van der Waals surface area contributed by atoms with Crippen LogP contribution in [0.3, 0.4) is 0 Å². The summed E-state index contributed by atoms with van der Waals surface area (Å²) < 4.78 is 11.9. The van der Waals surface area contributed by atoms with Gasteiger partial charge in [-0.25, -0.2) is 5.43 Å². The summed E-state index contributed by atoms with van der Waals surface area (Å²) in [5.41, 5.74) is 4.96. The quantitative estimate of drug-likeness (QED) is 0.425. The molecule has 0 radical (unpaired) electrons. The Morgan fingerprint density at radius 2 is 1.61 bits per heavy atom. The van der Waals surface area contributed by atoms with Gasteiger partial charge in [0.1, 0.15) is 18.1 Å². The monoisotopic (exact) mass is 438 g/mol. The summed E-state index contributed by atoms with van der Waals surface area (Å²) in [6.07, 6.45) is 1.58. The van der Waals surface area contributed by atoms with Gasteiger partial charge in [-0.05, 0) is 71.8 Å². The number of methoxy groups -OCH3 is 1. The second-order valence-corrected chi connectivity index (χ2v) is 6.83. The van der Waals surface area contributed by atoms with Crippen molar-refractivity contribution >= 4 is 28.1 Å². The van der Waals surface area contributed by atoms with E-state index in [-0.39, 0.29) is 5.91 Å². The fraction of sp³-hybridized carbons (Fsp3) is 0.0909. The molecule has 28 heavy (non-hydrogen) atoms. The highest BCUT2D eigenvalue weighted by atomic mass is 79.9. The maximum absolute atomic E-state index is 12.0. The molecule has 5 nitrogen and oxygen atoms in total. The lowest BCUT2D eigenvalue weighted by Gasteiger charge is -2.06. The van der Waals surface area contributed by atoms with Crippen molar-refractivity contribution in [3.8, 4) is 11.5 Å². The van der Waals surface area contributed by atoms with Crippen LogP contribution in [-0.2, 0) is 6.61 Å². The average Bonchev–Trinajstić information content (AvgIpc) is 2.74. The highest BCUT2D eigenvalue weighted by Crippen LogP contribution is 2.15. The first-order chi connectivity index (χ1) is 13.6. The van der Waals surface area contributed by atoms with Gasteiger partial charge in [-0.2, -0.15) is 5.10 Å². The molecule has 3 aromatic carbocycles. The van der Waals surface area contributed by atoms with Gasteiger partial charge in [0.2, 0.25) is 0 Å². The van der Waals surface area contributed by atoms with E-state index >= 15 is 0 Å². The Morgan fingerprint density at radius 1 is 0.964 bits per heavy atom. The van der Waals surface area contributed by atoms with Crippen LogP contribution in [0.25, 0.3) is 0 Å². The molecule has 3 rings (SSSR count). The Morgan fingerprint density at radius 3 is 2.25 bits per heavy atom. The number of carbonyl (C=O) groups is 1. The molecule has 1 N–H and O–H groups in total. The van der Waals surface area contributed by atoms with Crippen molar-refractivity contribution in [2.75, 3.05) is 7.11 Å². The Bertz CT molecular complexity index is 937. The SMILES string of the molecule is COc1ccc(C(=O)N/N=C/c2ccc(OCc3ccc(Br)cc3)cc2)cc1. The third kappa shape index (κ3) is 5.69. The lowest BCUT2D eigenvalue weighted by molar-refractivity contribution is 0.0955. The third-order valence-electron chi connectivity index (χ3n) is 3.93. The zero-order valence-corrected chi connectivity index (χ0v) is 16.8. The molecule has 3 aromatic rings. The Labute approximate surface area is 172 Å². The minimum absolute atomic E-state index is 0.284. The molecular formula is C22H19BrN2O3. The Balaban J connectivity index is 1.50. The molecule has 1 amide bonds. The zero-order chi connectivity index (χ0) is 19.8. The van der Waals surface area contributed by atoms with Gasteiger partial charge in [-0.3, -0.25) is 4.79 Å². The van der Waals surface area contributed by atoms with Gasteiger partial charge in [0, 0.05) is 10.0 Å². The fourth-order valence-electron chi connectivity index (χ4n) is 2.37. The smallest absolute Gasteiger partial charge is 0.271 e. The van der Waals surface area contributed by atoms with Gasteiger partial charge in [-0.1, -0.05) is 28.1 Å². The molecule has 0 saturated heterocycles. The largest absolute Gasteiger partial charge is 0.497 e. The molecule has 0 heterocycles. The number of carbonyl (C=O) groups excluding carboxylic acids is 1. The predicted molar refractivity (Wildman–Crippen MR) is 113 cm³/mol. The van der Waals surface area contributed by atoms with Gasteiger partial charge in [0.25, 0.3) is 5.91 Å². The molecule has 0 aliphatic rings. The van der Waals surface area contributed by atoms with Crippen LogP contribution in [0.4, 0.5) is 0 Å². The minimum atomic E-state index is -0.284. The van der Waals surface area contributed by atoms with E-state index in [4.69, 9.17) is 9.47 Å². The van der Waals surface area contributed by atoms with Crippen LogP contribution < -0.4 is 14.9 Å². The number of hydrazone groups is 1. The Hall–Kier alpha value is -3.12. The lowest BCUT2D eigenvalue weighted by atomic mass is 10.2. The summed E-state index contributed by atoms with van der Waals surface area (Å²) in [6, 6.07) is 22.3. The van der Waals surface area contributed by atoms with Crippen LogP contribution >= 0.6 is 15.9 Å². The first kappa shape index (κ1) is 19.6. The second-order valence-electron chi connectivity index (χ2n) is 5.91. The second kappa shape index (κ2) is 9.71. The van der Waals surface area contributed by atoms with E-state index in [1.807, 2.05) is 48.5 Å².